The lowest BCUT2D eigenvalue weighted by Crippen LogP contribution is -2.17. The Morgan fingerprint density at radius 3 is 2.69 bits per heavy atom. The van der Waals surface area contributed by atoms with E-state index in [1.54, 1.807) is 7.11 Å². The van der Waals surface area contributed by atoms with Gasteiger partial charge in [-0.2, -0.15) is 4.98 Å². The summed E-state index contributed by atoms with van der Waals surface area (Å²) in [5.41, 5.74) is 4.69. The van der Waals surface area contributed by atoms with Crippen LogP contribution in [-0.4, -0.2) is 23.6 Å². The molecule has 3 aromatic rings. The number of nitrogens with zero attached hydrogens (tertiary/aromatic N) is 3. The van der Waals surface area contributed by atoms with E-state index in [0.717, 1.165) is 36.2 Å². The van der Waals surface area contributed by atoms with E-state index in [9.17, 15) is 0 Å². The van der Waals surface area contributed by atoms with Crippen molar-refractivity contribution in [3.05, 3.63) is 71.4 Å². The largest absolute Gasteiger partial charge is 0.497 e. The Morgan fingerprint density at radius 2 is 1.88 bits per heavy atom. The smallest absolute Gasteiger partial charge is 0.232 e. The second kappa shape index (κ2) is 7.04. The molecule has 0 unspecified atom stereocenters. The predicted molar refractivity (Wildman–Crippen MR) is 104 cm³/mol. The van der Waals surface area contributed by atoms with Crippen LogP contribution < -0.4 is 15.0 Å². The van der Waals surface area contributed by atoms with Crippen molar-refractivity contribution < 1.29 is 4.74 Å². The fourth-order valence-electron chi connectivity index (χ4n) is 3.25. The van der Waals surface area contributed by atoms with E-state index < -0.39 is 0 Å². The van der Waals surface area contributed by atoms with Gasteiger partial charge in [0.05, 0.1) is 7.11 Å². The van der Waals surface area contributed by atoms with Gasteiger partial charge in [0.15, 0.2) is 0 Å². The first-order chi connectivity index (χ1) is 12.7. The van der Waals surface area contributed by atoms with Crippen LogP contribution in [0.3, 0.4) is 0 Å². The second-order valence-electron chi connectivity index (χ2n) is 6.43. The van der Waals surface area contributed by atoms with Gasteiger partial charge in [-0.05, 0) is 42.7 Å². The molecule has 1 aliphatic heterocycles. The van der Waals surface area contributed by atoms with Crippen molar-refractivity contribution in [3.8, 4) is 5.75 Å². The molecule has 0 saturated carbocycles. The summed E-state index contributed by atoms with van der Waals surface area (Å²) >= 11 is 0. The van der Waals surface area contributed by atoms with Gasteiger partial charge in [-0.3, -0.25) is 0 Å². The summed E-state index contributed by atoms with van der Waals surface area (Å²) in [4.78, 5) is 11.6. The summed E-state index contributed by atoms with van der Waals surface area (Å²) in [7, 11) is 1.68. The molecule has 1 N–H and O–H groups in total. The van der Waals surface area contributed by atoms with E-state index in [2.05, 4.69) is 51.6 Å². The highest BCUT2D eigenvalue weighted by atomic mass is 16.5. The van der Waals surface area contributed by atoms with Crippen molar-refractivity contribution in [3.63, 3.8) is 0 Å². The van der Waals surface area contributed by atoms with Crippen LogP contribution in [0.1, 0.15) is 16.8 Å². The molecule has 132 valence electrons. The first kappa shape index (κ1) is 16.4. The molecule has 2 aromatic carbocycles. The zero-order valence-corrected chi connectivity index (χ0v) is 15.1. The number of rotatable bonds is 5. The molecular formula is C21H22N4O. The van der Waals surface area contributed by atoms with Crippen molar-refractivity contribution >= 4 is 17.5 Å². The number of aryl methyl sites for hydroxylation is 1. The van der Waals surface area contributed by atoms with Crippen LogP contribution in [0.5, 0.6) is 5.75 Å². The number of hydrogen-bond donors (Lipinski definition) is 1. The first-order valence-corrected chi connectivity index (χ1v) is 8.81. The van der Waals surface area contributed by atoms with Crippen LogP contribution in [0.4, 0.5) is 17.5 Å². The Hall–Kier alpha value is -3.08. The van der Waals surface area contributed by atoms with E-state index in [1.165, 1.54) is 16.8 Å². The maximum absolute atomic E-state index is 5.20. The molecule has 0 spiro atoms. The summed E-state index contributed by atoms with van der Waals surface area (Å²) in [6.07, 6.45) is 1.03. The number of para-hydroxylation sites is 1. The van der Waals surface area contributed by atoms with Crippen LogP contribution in [0, 0.1) is 6.92 Å². The van der Waals surface area contributed by atoms with Crippen molar-refractivity contribution in [1.82, 2.24) is 9.97 Å². The Morgan fingerprint density at radius 1 is 1.08 bits per heavy atom. The van der Waals surface area contributed by atoms with Crippen LogP contribution in [0.25, 0.3) is 0 Å². The number of nitrogens with one attached hydrogen (secondary N) is 1. The Bertz CT molecular complexity index is 908. The van der Waals surface area contributed by atoms with Gasteiger partial charge in [0.2, 0.25) is 5.95 Å². The van der Waals surface area contributed by atoms with E-state index in [4.69, 9.17) is 9.72 Å². The quantitative estimate of drug-likeness (QED) is 0.754. The minimum absolute atomic E-state index is 0.705. The molecule has 0 saturated heterocycles. The zero-order valence-electron chi connectivity index (χ0n) is 15.1. The number of anilines is 3. The zero-order chi connectivity index (χ0) is 17.9. The van der Waals surface area contributed by atoms with Crippen molar-refractivity contribution in [2.75, 3.05) is 23.9 Å². The lowest BCUT2D eigenvalue weighted by atomic mass is 10.2. The molecular weight excluding hydrogens is 324 g/mol. The maximum Gasteiger partial charge on any atom is 0.232 e. The van der Waals surface area contributed by atoms with Crippen molar-refractivity contribution in [2.45, 2.75) is 19.9 Å². The molecule has 1 aromatic heterocycles. The molecule has 0 fully saturated rings. The Labute approximate surface area is 153 Å². The summed E-state index contributed by atoms with van der Waals surface area (Å²) in [5, 5.41) is 3.41. The molecule has 0 aliphatic carbocycles. The number of ether oxygens (including phenoxy) is 1. The van der Waals surface area contributed by atoms with E-state index in [0.29, 0.717) is 6.54 Å². The number of fused-ring (bicyclic) bond motifs is 1. The molecule has 4 rings (SSSR count). The van der Waals surface area contributed by atoms with Gasteiger partial charge >= 0.3 is 0 Å². The maximum atomic E-state index is 5.20. The summed E-state index contributed by atoms with van der Waals surface area (Å²) in [5.74, 6) is 2.46. The molecule has 5 heteroatoms. The number of methoxy groups -OCH3 is 1. The molecule has 2 heterocycles. The Balaban J connectivity index is 1.53. The van der Waals surface area contributed by atoms with E-state index in [1.807, 2.05) is 25.1 Å². The van der Waals surface area contributed by atoms with Gasteiger partial charge in [-0.15, -0.1) is 0 Å². The minimum atomic E-state index is 0.705. The van der Waals surface area contributed by atoms with Gasteiger partial charge in [-0.25, -0.2) is 4.98 Å². The highest BCUT2D eigenvalue weighted by molar-refractivity contribution is 5.66. The summed E-state index contributed by atoms with van der Waals surface area (Å²) in [6.45, 7) is 3.63. The van der Waals surface area contributed by atoms with Gasteiger partial charge in [0, 0.05) is 30.5 Å². The molecule has 0 amide bonds. The average molecular weight is 346 g/mol. The van der Waals surface area contributed by atoms with Crippen LogP contribution in [0.2, 0.25) is 0 Å². The first-order valence-electron chi connectivity index (χ1n) is 8.81. The fourth-order valence-corrected chi connectivity index (χ4v) is 3.25. The summed E-state index contributed by atoms with van der Waals surface area (Å²) < 4.78 is 5.20. The molecule has 0 radical (unpaired) electrons. The van der Waals surface area contributed by atoms with Crippen LogP contribution in [0.15, 0.2) is 54.6 Å². The molecule has 0 bridgehead atoms. The van der Waals surface area contributed by atoms with E-state index >= 15 is 0 Å². The number of benzene rings is 2. The third-order valence-electron chi connectivity index (χ3n) is 4.60. The SMILES string of the molecule is COc1ccc(CNc2cc(C)nc(N3CCc4ccccc43)n2)cc1. The predicted octanol–water partition coefficient (Wildman–Crippen LogP) is 4.10. The fraction of sp³-hybridized carbons (Fsp3) is 0.238. The van der Waals surface area contributed by atoms with Gasteiger partial charge in [0.25, 0.3) is 0 Å². The number of hydrogen-bond acceptors (Lipinski definition) is 5. The van der Waals surface area contributed by atoms with Crippen LogP contribution >= 0.6 is 0 Å². The molecule has 26 heavy (non-hydrogen) atoms. The van der Waals surface area contributed by atoms with Crippen LogP contribution in [-0.2, 0) is 13.0 Å². The Kier molecular flexibility index (Phi) is 4.44. The average Bonchev–Trinajstić information content (AvgIpc) is 3.10. The standard InChI is InChI=1S/C21H22N4O/c1-15-13-20(22-14-16-7-9-18(26-2)10-8-16)24-21(23-15)25-12-11-17-5-3-4-6-19(17)25/h3-10,13H,11-12,14H2,1-2H3,(H,22,23,24). The monoisotopic (exact) mass is 346 g/mol. The topological polar surface area (TPSA) is 50.3 Å². The van der Waals surface area contributed by atoms with Gasteiger partial charge < -0.3 is 15.0 Å². The van der Waals surface area contributed by atoms with Gasteiger partial charge in [-0.1, -0.05) is 30.3 Å². The highest BCUT2D eigenvalue weighted by Gasteiger charge is 2.22. The van der Waals surface area contributed by atoms with Crippen molar-refractivity contribution in [2.24, 2.45) is 0 Å². The third kappa shape index (κ3) is 3.33. The highest BCUT2D eigenvalue weighted by Crippen LogP contribution is 2.32. The molecule has 1 aliphatic rings. The lowest BCUT2D eigenvalue weighted by molar-refractivity contribution is 0.414. The lowest BCUT2D eigenvalue weighted by Gasteiger charge is -2.18. The minimum Gasteiger partial charge on any atom is -0.497 e. The normalized spacial score (nSPS) is 12.8. The third-order valence-corrected chi connectivity index (χ3v) is 4.60. The molecule has 0 atom stereocenters. The molecule has 5 nitrogen and oxygen atoms in total. The number of aromatic nitrogens is 2. The van der Waals surface area contributed by atoms with Crippen molar-refractivity contribution in [1.29, 1.82) is 0 Å². The van der Waals surface area contributed by atoms with E-state index in [-0.39, 0.29) is 0 Å². The second-order valence-corrected chi connectivity index (χ2v) is 6.43. The summed E-state index contributed by atoms with van der Waals surface area (Å²) in [6, 6.07) is 18.5. The van der Waals surface area contributed by atoms with Gasteiger partial charge in [0.1, 0.15) is 11.6 Å².